The summed E-state index contributed by atoms with van der Waals surface area (Å²) in [6.45, 7) is 4.40. The maximum Gasteiger partial charge on any atom is 0.264 e. The van der Waals surface area contributed by atoms with E-state index in [-0.39, 0.29) is 11.9 Å². The number of rotatable bonds is 6. The van der Waals surface area contributed by atoms with Crippen LogP contribution in [0.2, 0.25) is 0 Å². The minimum atomic E-state index is -3.79. The number of hydrogen-bond acceptors (Lipinski definition) is 3. The Bertz CT molecular complexity index is 197. The van der Waals surface area contributed by atoms with Gasteiger partial charge in [0, 0.05) is 6.61 Å². The Labute approximate surface area is 73.7 Å². The van der Waals surface area contributed by atoms with E-state index < -0.39 is 10.1 Å². The van der Waals surface area contributed by atoms with E-state index in [2.05, 4.69) is 0 Å². The van der Waals surface area contributed by atoms with Crippen molar-refractivity contribution in [3.8, 4) is 0 Å². The van der Waals surface area contributed by atoms with Crippen molar-refractivity contribution < 1.29 is 17.7 Å². The molecule has 0 aliphatic carbocycles. The van der Waals surface area contributed by atoms with Gasteiger partial charge in [0.2, 0.25) is 0 Å². The fraction of sp³-hybridized carbons (Fsp3) is 1.00. The fourth-order valence-corrected chi connectivity index (χ4v) is 1.45. The summed E-state index contributed by atoms with van der Waals surface area (Å²) in [6, 6.07) is 0. The summed E-state index contributed by atoms with van der Waals surface area (Å²) in [6.07, 6.45) is 1.17. The van der Waals surface area contributed by atoms with E-state index in [0.29, 0.717) is 19.4 Å². The molecule has 12 heavy (non-hydrogen) atoms. The Morgan fingerprint density at radius 1 is 1.50 bits per heavy atom. The van der Waals surface area contributed by atoms with Crippen molar-refractivity contribution >= 4 is 10.1 Å². The Balaban J connectivity index is 3.44. The molecule has 0 bridgehead atoms. The Morgan fingerprint density at radius 3 is 2.50 bits per heavy atom. The van der Waals surface area contributed by atoms with E-state index >= 15 is 0 Å². The zero-order chi connectivity index (χ0) is 9.61. The molecule has 74 valence electrons. The lowest BCUT2D eigenvalue weighted by Crippen LogP contribution is -2.11. The van der Waals surface area contributed by atoms with Crippen molar-refractivity contribution in [2.75, 3.05) is 12.4 Å². The predicted molar refractivity (Wildman–Crippen MR) is 46.7 cm³/mol. The smallest absolute Gasteiger partial charge is 0.264 e. The minimum absolute atomic E-state index is 0.0664. The maximum atomic E-state index is 10.3. The molecule has 0 heterocycles. The van der Waals surface area contributed by atoms with Gasteiger partial charge in [0.25, 0.3) is 10.1 Å². The molecule has 5 heteroatoms. The second-order valence-electron chi connectivity index (χ2n) is 2.69. The average Bonchev–Trinajstić information content (AvgIpc) is 1.84. The molecule has 4 nitrogen and oxygen atoms in total. The van der Waals surface area contributed by atoms with E-state index in [0.717, 1.165) is 0 Å². The van der Waals surface area contributed by atoms with E-state index in [1.54, 1.807) is 0 Å². The van der Waals surface area contributed by atoms with Gasteiger partial charge in [-0.05, 0) is 26.7 Å². The summed E-state index contributed by atoms with van der Waals surface area (Å²) in [4.78, 5) is 0. The van der Waals surface area contributed by atoms with Crippen LogP contribution in [-0.2, 0) is 14.9 Å². The van der Waals surface area contributed by atoms with Crippen LogP contribution in [0.1, 0.15) is 26.7 Å². The lowest BCUT2D eigenvalue weighted by molar-refractivity contribution is 0.0699. The molecule has 0 aromatic carbocycles. The molecule has 0 aromatic heterocycles. The molecule has 0 amide bonds. The largest absolute Gasteiger partial charge is 0.379 e. The summed E-state index contributed by atoms with van der Waals surface area (Å²) in [7, 11) is -3.79. The van der Waals surface area contributed by atoms with Crippen molar-refractivity contribution in [3.05, 3.63) is 0 Å². The SMILES string of the molecule is CCO[C@H](C)CCCS(=O)(=O)O. The van der Waals surface area contributed by atoms with Gasteiger partial charge in [0.15, 0.2) is 0 Å². The van der Waals surface area contributed by atoms with Crippen molar-refractivity contribution in [1.82, 2.24) is 0 Å². The molecule has 0 saturated carbocycles. The summed E-state index contributed by atoms with van der Waals surface area (Å²) >= 11 is 0. The normalized spacial score (nSPS) is 14.6. The third-order valence-corrected chi connectivity index (χ3v) is 2.27. The van der Waals surface area contributed by atoms with Crippen LogP contribution in [0, 0.1) is 0 Å². The third-order valence-electron chi connectivity index (χ3n) is 1.46. The Hall–Kier alpha value is -0.130. The zero-order valence-corrected chi connectivity index (χ0v) is 8.30. The first kappa shape index (κ1) is 11.9. The topological polar surface area (TPSA) is 63.6 Å². The standard InChI is InChI=1S/C7H16O4S/c1-3-11-7(2)5-4-6-12(8,9)10/h7H,3-6H2,1-2H3,(H,8,9,10)/t7-/m1/s1. The highest BCUT2D eigenvalue weighted by molar-refractivity contribution is 7.85. The van der Waals surface area contributed by atoms with Gasteiger partial charge in [-0.3, -0.25) is 4.55 Å². The van der Waals surface area contributed by atoms with Crippen molar-refractivity contribution in [2.45, 2.75) is 32.8 Å². The zero-order valence-electron chi connectivity index (χ0n) is 7.49. The van der Waals surface area contributed by atoms with Gasteiger partial charge in [0.1, 0.15) is 0 Å². The number of hydrogen-bond donors (Lipinski definition) is 1. The molecule has 0 fully saturated rings. The highest BCUT2D eigenvalue weighted by Crippen LogP contribution is 2.02. The van der Waals surface area contributed by atoms with Gasteiger partial charge in [-0.25, -0.2) is 0 Å². The molecule has 0 rings (SSSR count). The predicted octanol–water partition coefficient (Wildman–Crippen LogP) is 1.08. The molecular formula is C7H16O4S. The first-order valence-corrected chi connectivity index (χ1v) is 5.63. The van der Waals surface area contributed by atoms with Crippen LogP contribution in [0.3, 0.4) is 0 Å². The molecule has 0 aliphatic rings. The van der Waals surface area contributed by atoms with Gasteiger partial charge in [-0.15, -0.1) is 0 Å². The first-order valence-electron chi connectivity index (χ1n) is 4.02. The van der Waals surface area contributed by atoms with Crippen LogP contribution < -0.4 is 0 Å². The van der Waals surface area contributed by atoms with Crippen molar-refractivity contribution in [3.63, 3.8) is 0 Å². The van der Waals surface area contributed by atoms with Crippen molar-refractivity contribution in [2.24, 2.45) is 0 Å². The Kier molecular flexibility index (Phi) is 5.44. The second-order valence-corrected chi connectivity index (χ2v) is 4.27. The molecule has 0 saturated heterocycles. The lowest BCUT2D eigenvalue weighted by atomic mass is 10.2. The van der Waals surface area contributed by atoms with E-state index in [9.17, 15) is 8.42 Å². The summed E-state index contributed by atoms with van der Waals surface area (Å²) < 4.78 is 34.1. The molecule has 1 atom stereocenters. The molecular weight excluding hydrogens is 180 g/mol. The minimum Gasteiger partial charge on any atom is -0.379 e. The molecule has 0 radical (unpaired) electrons. The molecule has 0 aromatic rings. The van der Waals surface area contributed by atoms with Gasteiger partial charge in [0.05, 0.1) is 11.9 Å². The van der Waals surface area contributed by atoms with Gasteiger partial charge < -0.3 is 4.74 Å². The van der Waals surface area contributed by atoms with E-state index in [1.165, 1.54) is 0 Å². The number of ether oxygens (including phenoxy) is 1. The van der Waals surface area contributed by atoms with E-state index in [4.69, 9.17) is 9.29 Å². The molecule has 1 N–H and O–H groups in total. The van der Waals surface area contributed by atoms with Crippen LogP contribution in [0.4, 0.5) is 0 Å². The summed E-state index contributed by atoms with van der Waals surface area (Å²) in [5.41, 5.74) is 0. The average molecular weight is 196 g/mol. The van der Waals surface area contributed by atoms with Crippen LogP contribution in [-0.4, -0.2) is 31.4 Å². The van der Waals surface area contributed by atoms with Crippen LogP contribution in [0.15, 0.2) is 0 Å². The molecule has 0 aliphatic heterocycles. The fourth-order valence-electron chi connectivity index (χ4n) is 0.921. The monoisotopic (exact) mass is 196 g/mol. The van der Waals surface area contributed by atoms with Crippen LogP contribution in [0.25, 0.3) is 0 Å². The first-order chi connectivity index (χ1) is 5.45. The molecule has 0 spiro atoms. The summed E-state index contributed by atoms with van der Waals surface area (Å²) in [5, 5.41) is 0. The molecule has 0 unspecified atom stereocenters. The van der Waals surface area contributed by atoms with Gasteiger partial charge >= 0.3 is 0 Å². The lowest BCUT2D eigenvalue weighted by Gasteiger charge is -2.09. The van der Waals surface area contributed by atoms with Crippen LogP contribution in [0.5, 0.6) is 0 Å². The van der Waals surface area contributed by atoms with Crippen molar-refractivity contribution in [1.29, 1.82) is 0 Å². The highest BCUT2D eigenvalue weighted by Gasteiger charge is 2.06. The van der Waals surface area contributed by atoms with Crippen LogP contribution >= 0.6 is 0 Å². The maximum absolute atomic E-state index is 10.3. The van der Waals surface area contributed by atoms with Gasteiger partial charge in [-0.2, -0.15) is 8.42 Å². The third kappa shape index (κ3) is 7.97. The Morgan fingerprint density at radius 2 is 2.08 bits per heavy atom. The van der Waals surface area contributed by atoms with Gasteiger partial charge in [-0.1, -0.05) is 0 Å². The van der Waals surface area contributed by atoms with E-state index in [1.807, 2.05) is 13.8 Å². The quantitative estimate of drug-likeness (QED) is 0.646. The highest BCUT2D eigenvalue weighted by atomic mass is 32.2. The summed E-state index contributed by atoms with van der Waals surface area (Å²) in [5.74, 6) is -0.176. The second kappa shape index (κ2) is 5.50.